The predicted octanol–water partition coefficient (Wildman–Crippen LogP) is 2.91. The SMILES string of the molecule is CC(C)(O)C1CN(Cc2ccccc2)CCC1(F)F. The first-order chi connectivity index (χ1) is 8.79. The standard InChI is InChI=1S/C15H21F2NO/c1-14(2,19)13-11-18(9-8-15(13,16)17)10-12-6-4-3-5-7-12/h3-7,13,19H,8-11H2,1-2H3. The molecule has 4 heteroatoms. The van der Waals surface area contributed by atoms with Gasteiger partial charge in [0.15, 0.2) is 0 Å². The minimum atomic E-state index is -2.79. The van der Waals surface area contributed by atoms with Gasteiger partial charge in [-0.2, -0.15) is 0 Å². The number of hydrogen-bond donors (Lipinski definition) is 1. The fourth-order valence-corrected chi connectivity index (χ4v) is 2.69. The van der Waals surface area contributed by atoms with Crippen LogP contribution in [0.4, 0.5) is 8.78 Å². The molecule has 1 N–H and O–H groups in total. The molecule has 19 heavy (non-hydrogen) atoms. The first-order valence-corrected chi connectivity index (χ1v) is 6.65. The quantitative estimate of drug-likeness (QED) is 0.912. The summed E-state index contributed by atoms with van der Waals surface area (Å²) in [7, 11) is 0. The molecule has 1 fully saturated rings. The summed E-state index contributed by atoms with van der Waals surface area (Å²) in [5.74, 6) is -3.80. The van der Waals surface area contributed by atoms with Gasteiger partial charge >= 0.3 is 0 Å². The summed E-state index contributed by atoms with van der Waals surface area (Å²) >= 11 is 0. The summed E-state index contributed by atoms with van der Waals surface area (Å²) in [6, 6.07) is 9.81. The van der Waals surface area contributed by atoms with Crippen molar-refractivity contribution >= 4 is 0 Å². The third-order valence-corrected chi connectivity index (χ3v) is 3.81. The van der Waals surface area contributed by atoms with Gasteiger partial charge in [0.2, 0.25) is 0 Å². The normalized spacial score (nSPS) is 24.4. The number of piperidine rings is 1. The van der Waals surface area contributed by atoms with Gasteiger partial charge < -0.3 is 5.11 Å². The average Bonchev–Trinajstić information content (AvgIpc) is 2.31. The Morgan fingerprint density at radius 2 is 1.95 bits per heavy atom. The van der Waals surface area contributed by atoms with Crippen LogP contribution in [0.2, 0.25) is 0 Å². The number of likely N-dealkylation sites (tertiary alicyclic amines) is 1. The molecule has 0 bridgehead atoms. The maximum Gasteiger partial charge on any atom is 0.256 e. The number of halogens is 2. The smallest absolute Gasteiger partial charge is 0.256 e. The lowest BCUT2D eigenvalue weighted by Crippen LogP contribution is -2.54. The molecule has 1 aliphatic rings. The van der Waals surface area contributed by atoms with Gasteiger partial charge in [0.1, 0.15) is 0 Å². The second-order valence-electron chi connectivity index (χ2n) is 5.94. The Balaban J connectivity index is 2.06. The topological polar surface area (TPSA) is 23.5 Å². The van der Waals surface area contributed by atoms with E-state index in [1.807, 2.05) is 35.2 Å². The van der Waals surface area contributed by atoms with Gasteiger partial charge in [0.25, 0.3) is 5.92 Å². The molecule has 2 nitrogen and oxygen atoms in total. The lowest BCUT2D eigenvalue weighted by atomic mass is 9.81. The number of nitrogens with zero attached hydrogens (tertiary/aromatic N) is 1. The van der Waals surface area contributed by atoms with Crippen LogP contribution in [0.5, 0.6) is 0 Å². The van der Waals surface area contributed by atoms with Crippen molar-refractivity contribution in [3.63, 3.8) is 0 Å². The number of rotatable bonds is 3. The second kappa shape index (κ2) is 5.17. The Labute approximate surface area is 113 Å². The molecule has 1 saturated heterocycles. The minimum absolute atomic E-state index is 0.186. The fraction of sp³-hybridized carbons (Fsp3) is 0.600. The molecule has 0 radical (unpaired) electrons. The van der Waals surface area contributed by atoms with Crippen molar-refractivity contribution in [1.82, 2.24) is 4.90 Å². The van der Waals surface area contributed by atoms with Crippen LogP contribution in [0.25, 0.3) is 0 Å². The van der Waals surface area contributed by atoms with E-state index < -0.39 is 17.4 Å². The zero-order valence-corrected chi connectivity index (χ0v) is 11.4. The Bertz CT molecular complexity index is 414. The van der Waals surface area contributed by atoms with Crippen molar-refractivity contribution in [3.8, 4) is 0 Å². The molecule has 2 rings (SSSR count). The van der Waals surface area contributed by atoms with Gasteiger partial charge in [-0.25, -0.2) is 8.78 Å². The van der Waals surface area contributed by atoms with Gasteiger partial charge in [-0.1, -0.05) is 30.3 Å². The summed E-state index contributed by atoms with van der Waals surface area (Å²) in [5.41, 5.74) is -0.249. The number of benzene rings is 1. The van der Waals surface area contributed by atoms with E-state index in [2.05, 4.69) is 0 Å². The maximum atomic E-state index is 13.9. The molecule has 106 valence electrons. The molecular formula is C15H21F2NO. The van der Waals surface area contributed by atoms with Crippen LogP contribution in [0.1, 0.15) is 25.8 Å². The van der Waals surface area contributed by atoms with Gasteiger partial charge in [0.05, 0.1) is 11.5 Å². The van der Waals surface area contributed by atoms with E-state index in [0.29, 0.717) is 13.1 Å². The van der Waals surface area contributed by atoms with Crippen molar-refractivity contribution in [1.29, 1.82) is 0 Å². The van der Waals surface area contributed by atoms with E-state index in [4.69, 9.17) is 0 Å². The van der Waals surface area contributed by atoms with Crippen molar-refractivity contribution in [3.05, 3.63) is 35.9 Å². The lowest BCUT2D eigenvalue weighted by molar-refractivity contribution is -0.171. The molecular weight excluding hydrogens is 248 g/mol. The molecule has 1 aromatic carbocycles. The molecule has 1 unspecified atom stereocenters. The van der Waals surface area contributed by atoms with Crippen molar-refractivity contribution in [2.24, 2.45) is 5.92 Å². The summed E-state index contributed by atoms with van der Waals surface area (Å²) in [6.45, 7) is 4.19. The molecule has 1 heterocycles. The number of alkyl halides is 2. The van der Waals surface area contributed by atoms with Gasteiger partial charge in [-0.15, -0.1) is 0 Å². The van der Waals surface area contributed by atoms with Crippen LogP contribution in [-0.2, 0) is 6.54 Å². The fourth-order valence-electron chi connectivity index (χ4n) is 2.69. The van der Waals surface area contributed by atoms with Crippen LogP contribution in [0.15, 0.2) is 30.3 Å². The summed E-state index contributed by atoms with van der Waals surface area (Å²) < 4.78 is 27.8. The van der Waals surface area contributed by atoms with E-state index >= 15 is 0 Å². The number of aliphatic hydroxyl groups is 1. The van der Waals surface area contributed by atoms with Gasteiger partial charge in [-0.3, -0.25) is 4.90 Å². The first kappa shape index (κ1) is 14.4. The van der Waals surface area contributed by atoms with Crippen molar-refractivity contribution in [2.45, 2.75) is 38.3 Å². The van der Waals surface area contributed by atoms with Crippen LogP contribution < -0.4 is 0 Å². The molecule has 0 aliphatic carbocycles. The molecule has 0 spiro atoms. The molecule has 1 aliphatic heterocycles. The molecule has 1 aromatic rings. The first-order valence-electron chi connectivity index (χ1n) is 6.65. The predicted molar refractivity (Wildman–Crippen MR) is 71.1 cm³/mol. The lowest BCUT2D eigenvalue weighted by Gasteiger charge is -2.43. The van der Waals surface area contributed by atoms with E-state index in [9.17, 15) is 13.9 Å². The van der Waals surface area contributed by atoms with Crippen LogP contribution in [0.3, 0.4) is 0 Å². The Morgan fingerprint density at radius 3 is 2.53 bits per heavy atom. The van der Waals surface area contributed by atoms with E-state index in [-0.39, 0.29) is 13.0 Å². The van der Waals surface area contributed by atoms with Gasteiger partial charge in [-0.05, 0) is 19.4 Å². The monoisotopic (exact) mass is 269 g/mol. The molecule has 0 saturated carbocycles. The second-order valence-corrected chi connectivity index (χ2v) is 5.94. The largest absolute Gasteiger partial charge is 0.390 e. The summed E-state index contributed by atoms with van der Waals surface area (Å²) in [5, 5.41) is 9.96. The van der Waals surface area contributed by atoms with E-state index in [1.165, 1.54) is 13.8 Å². The highest BCUT2D eigenvalue weighted by molar-refractivity contribution is 5.14. The Hall–Kier alpha value is -1.00. The van der Waals surface area contributed by atoms with E-state index in [0.717, 1.165) is 5.56 Å². The van der Waals surface area contributed by atoms with Crippen molar-refractivity contribution in [2.75, 3.05) is 13.1 Å². The summed E-state index contributed by atoms with van der Waals surface area (Å²) in [6.07, 6.45) is -0.186. The van der Waals surface area contributed by atoms with E-state index in [1.54, 1.807) is 0 Å². The van der Waals surface area contributed by atoms with Crippen LogP contribution in [-0.4, -0.2) is 34.6 Å². The Kier molecular flexibility index (Phi) is 3.92. The van der Waals surface area contributed by atoms with Crippen LogP contribution in [0, 0.1) is 5.92 Å². The highest BCUT2D eigenvalue weighted by Crippen LogP contribution is 2.39. The Morgan fingerprint density at radius 1 is 1.32 bits per heavy atom. The zero-order valence-electron chi connectivity index (χ0n) is 11.4. The van der Waals surface area contributed by atoms with Crippen LogP contribution >= 0.6 is 0 Å². The highest BCUT2D eigenvalue weighted by atomic mass is 19.3. The van der Waals surface area contributed by atoms with Gasteiger partial charge in [0, 0.05) is 26.1 Å². The number of hydrogen-bond acceptors (Lipinski definition) is 2. The third-order valence-electron chi connectivity index (χ3n) is 3.81. The maximum absolute atomic E-state index is 13.9. The average molecular weight is 269 g/mol. The third kappa shape index (κ3) is 3.51. The molecule has 1 atom stereocenters. The van der Waals surface area contributed by atoms with Crippen molar-refractivity contribution < 1.29 is 13.9 Å². The molecule has 0 aromatic heterocycles. The molecule has 0 amide bonds. The minimum Gasteiger partial charge on any atom is -0.390 e. The highest BCUT2D eigenvalue weighted by Gasteiger charge is 2.50. The zero-order chi connectivity index (χ0) is 14.1. The summed E-state index contributed by atoms with van der Waals surface area (Å²) in [4.78, 5) is 2.00.